The fourth-order valence-electron chi connectivity index (χ4n) is 1.10. The SMILES string of the molecule is C=C(C)C(=O)NC(COC(=O)C(Br)(Br)Br)(OC(=O)C(Br)(Br)Br)OC(=O)C(Br)(Br)Br. The van der Waals surface area contributed by atoms with Gasteiger partial charge in [-0.15, -0.1) is 0 Å². The van der Waals surface area contributed by atoms with Gasteiger partial charge in [-0.05, 0) is 150 Å². The van der Waals surface area contributed by atoms with Crippen LogP contribution in [0.4, 0.5) is 0 Å². The van der Waals surface area contributed by atoms with Crippen LogP contribution < -0.4 is 5.32 Å². The van der Waals surface area contributed by atoms with Crippen molar-refractivity contribution in [2.24, 2.45) is 0 Å². The molecule has 0 heterocycles. The quantitative estimate of drug-likeness (QED) is 0.163. The first-order valence-electron chi connectivity index (χ1n) is 6.53. The Morgan fingerprint density at radius 3 is 1.38 bits per heavy atom. The fraction of sp³-hybridized carbons (Fsp3) is 0.500. The number of hydrogen-bond donors (Lipinski definition) is 1. The Labute approximate surface area is 240 Å². The molecule has 166 valence electrons. The molecule has 0 fully saturated rings. The average molecular weight is 997 g/mol. The van der Waals surface area contributed by atoms with Crippen molar-refractivity contribution in [1.29, 1.82) is 0 Å². The normalized spacial score (nSPS) is 12.6. The van der Waals surface area contributed by atoms with E-state index in [2.05, 4.69) is 155 Å². The Morgan fingerprint density at radius 2 is 1.10 bits per heavy atom. The topological polar surface area (TPSA) is 108 Å². The van der Waals surface area contributed by atoms with Crippen molar-refractivity contribution >= 4 is 167 Å². The maximum absolute atomic E-state index is 12.4. The van der Waals surface area contributed by atoms with Crippen molar-refractivity contribution in [1.82, 2.24) is 5.32 Å². The van der Waals surface area contributed by atoms with E-state index in [9.17, 15) is 19.2 Å². The highest BCUT2D eigenvalue weighted by atomic mass is 80.0. The lowest BCUT2D eigenvalue weighted by Crippen LogP contribution is -2.60. The van der Waals surface area contributed by atoms with Gasteiger partial charge in [-0.1, -0.05) is 6.58 Å². The fourth-order valence-corrected chi connectivity index (χ4v) is 1.93. The molecule has 0 aromatic rings. The minimum absolute atomic E-state index is 0.0193. The van der Waals surface area contributed by atoms with E-state index in [1.54, 1.807) is 0 Å². The summed E-state index contributed by atoms with van der Waals surface area (Å²) in [5.74, 6) is -6.60. The maximum Gasteiger partial charge on any atom is 0.378 e. The molecule has 17 heteroatoms. The predicted molar refractivity (Wildman–Crippen MR) is 137 cm³/mol. The Morgan fingerprint density at radius 1 is 0.759 bits per heavy atom. The van der Waals surface area contributed by atoms with Crippen molar-refractivity contribution in [2.75, 3.05) is 6.61 Å². The molecular weight excluding hydrogens is 989 g/mol. The molecule has 0 aliphatic carbocycles. The zero-order valence-electron chi connectivity index (χ0n) is 13.7. The van der Waals surface area contributed by atoms with E-state index in [-0.39, 0.29) is 5.57 Å². The summed E-state index contributed by atoms with van der Waals surface area (Å²) < 4.78 is 10.6. The summed E-state index contributed by atoms with van der Waals surface area (Å²) in [7, 11) is 0. The van der Waals surface area contributed by atoms with Gasteiger partial charge < -0.3 is 14.2 Å². The number of amides is 1. The van der Waals surface area contributed by atoms with Crippen molar-refractivity contribution in [3.8, 4) is 0 Å². The van der Waals surface area contributed by atoms with Gasteiger partial charge in [0.2, 0.25) is 6.43 Å². The standard InChI is InChI=1S/C12H8Br9NO7/c1-4(2)5(23)22-9(28-7(25)11(16,17)18,29-8(26)12(19,20)21)3-27-6(24)10(13,14)15/h1,3H2,2H3,(H,22,23). The third-order valence-electron chi connectivity index (χ3n) is 2.29. The smallest absolute Gasteiger partial charge is 0.378 e. The monoisotopic (exact) mass is 988 g/mol. The Hall–Kier alpha value is 1.94. The molecule has 0 saturated heterocycles. The number of carbonyl (C=O) groups excluding carboxylic acids is 4. The second kappa shape index (κ2) is 11.9. The van der Waals surface area contributed by atoms with Crippen molar-refractivity contribution < 1.29 is 33.4 Å². The van der Waals surface area contributed by atoms with Crippen LogP contribution in [0.15, 0.2) is 12.2 Å². The van der Waals surface area contributed by atoms with Gasteiger partial charge in [0.15, 0.2) is 6.61 Å². The van der Waals surface area contributed by atoms with Gasteiger partial charge in [0.05, 0.1) is 0 Å². The predicted octanol–water partition coefficient (Wildman–Crippen LogP) is 5.48. The summed E-state index contributed by atoms with van der Waals surface area (Å²) in [5, 5.41) is 2.17. The van der Waals surface area contributed by atoms with Gasteiger partial charge in [-0.3, -0.25) is 10.1 Å². The number of esters is 3. The molecule has 0 bridgehead atoms. The zero-order chi connectivity index (χ0) is 23.4. The third kappa shape index (κ3) is 11.6. The molecule has 0 spiro atoms. The summed E-state index contributed by atoms with van der Waals surface area (Å²) in [6, 6.07) is 0. The van der Waals surface area contributed by atoms with Crippen LogP contribution >= 0.6 is 143 Å². The number of ether oxygens (including phenoxy) is 3. The molecule has 0 atom stereocenters. The van der Waals surface area contributed by atoms with Crippen LogP contribution in [-0.4, -0.2) is 42.8 Å². The molecule has 1 amide bonds. The third-order valence-corrected chi connectivity index (χ3v) is 5.21. The molecule has 0 unspecified atom stereocenters. The Balaban J connectivity index is 6.18. The van der Waals surface area contributed by atoms with Gasteiger partial charge in [0.1, 0.15) is 0 Å². The maximum atomic E-state index is 12.4. The summed E-state index contributed by atoms with van der Waals surface area (Å²) in [6.45, 7) is 3.87. The minimum Gasteiger partial charge on any atom is -0.453 e. The number of nitrogens with one attached hydrogen (secondary N) is 1. The summed E-state index contributed by atoms with van der Waals surface area (Å²) in [4.78, 5) is 49.0. The number of alkyl halides is 9. The van der Waals surface area contributed by atoms with Gasteiger partial charge in [-0.2, -0.15) is 0 Å². The highest BCUT2D eigenvalue weighted by Gasteiger charge is 2.50. The van der Waals surface area contributed by atoms with Gasteiger partial charge in [-0.25, -0.2) is 14.4 Å². The lowest BCUT2D eigenvalue weighted by Gasteiger charge is -2.34. The van der Waals surface area contributed by atoms with Crippen LogP contribution in [-0.2, 0) is 33.4 Å². The number of rotatable bonds is 6. The summed E-state index contributed by atoms with van der Waals surface area (Å²) in [5.41, 5.74) is -0.0193. The van der Waals surface area contributed by atoms with E-state index in [0.717, 1.165) is 0 Å². The van der Waals surface area contributed by atoms with Crippen LogP contribution in [0, 0.1) is 0 Å². The second-order valence-corrected chi connectivity index (χ2v) is 25.1. The number of hydrogen-bond acceptors (Lipinski definition) is 7. The van der Waals surface area contributed by atoms with Crippen LogP contribution in [0.1, 0.15) is 6.92 Å². The Kier molecular flexibility index (Phi) is 12.7. The molecule has 1 N–H and O–H groups in total. The lowest BCUT2D eigenvalue weighted by molar-refractivity contribution is -0.252. The molecule has 8 nitrogen and oxygen atoms in total. The number of carbonyl (C=O) groups is 4. The molecule has 0 saturated carbocycles. The first-order chi connectivity index (χ1) is 12.7. The van der Waals surface area contributed by atoms with E-state index >= 15 is 0 Å². The molecule has 0 aromatic carbocycles. The molecule has 0 aromatic heterocycles. The summed E-state index contributed by atoms with van der Waals surface area (Å²) >= 11 is 26.5. The van der Waals surface area contributed by atoms with Crippen LogP contribution in [0.5, 0.6) is 0 Å². The van der Waals surface area contributed by atoms with Gasteiger partial charge >= 0.3 is 23.8 Å². The van der Waals surface area contributed by atoms with Crippen LogP contribution in [0.2, 0.25) is 0 Å². The van der Waals surface area contributed by atoms with E-state index < -0.39 is 42.8 Å². The number of halogens is 9. The molecule has 0 rings (SSSR count). The van der Waals surface area contributed by atoms with Crippen molar-refractivity contribution in [2.45, 2.75) is 19.3 Å². The van der Waals surface area contributed by atoms with Crippen molar-refractivity contribution in [3.63, 3.8) is 0 Å². The summed E-state index contributed by atoms with van der Waals surface area (Å²) in [6.07, 6.45) is 0. The molecule has 0 aliphatic heterocycles. The highest BCUT2D eigenvalue weighted by molar-refractivity contribution is 9.40. The van der Waals surface area contributed by atoms with Gasteiger partial charge in [0, 0.05) is 5.57 Å². The first kappa shape index (κ1) is 30.9. The van der Waals surface area contributed by atoms with E-state index in [0.29, 0.717) is 0 Å². The molecular formula is C12H8Br9NO7. The lowest BCUT2D eigenvalue weighted by atomic mass is 10.3. The highest BCUT2D eigenvalue weighted by Crippen LogP contribution is 2.39. The zero-order valence-corrected chi connectivity index (χ0v) is 27.9. The molecule has 0 radical (unpaired) electrons. The second-order valence-electron chi connectivity index (χ2n) is 4.84. The molecule has 0 aliphatic rings. The van der Waals surface area contributed by atoms with E-state index in [1.807, 2.05) is 0 Å². The molecule has 29 heavy (non-hydrogen) atoms. The first-order valence-corrected chi connectivity index (χ1v) is 13.7. The average Bonchev–Trinajstić information content (AvgIpc) is 2.49. The largest absolute Gasteiger partial charge is 0.453 e. The van der Waals surface area contributed by atoms with E-state index in [1.165, 1.54) is 6.92 Å². The van der Waals surface area contributed by atoms with Crippen LogP contribution in [0.25, 0.3) is 0 Å². The van der Waals surface area contributed by atoms with Gasteiger partial charge in [0.25, 0.3) is 5.91 Å². The minimum atomic E-state index is -2.58. The van der Waals surface area contributed by atoms with Crippen LogP contribution in [0.3, 0.4) is 0 Å². The Bertz CT molecular complexity index is 665. The van der Waals surface area contributed by atoms with E-state index in [4.69, 9.17) is 14.2 Å². The van der Waals surface area contributed by atoms with Crippen molar-refractivity contribution in [3.05, 3.63) is 12.2 Å².